The first kappa shape index (κ1) is 15.1. The van der Waals surface area contributed by atoms with Gasteiger partial charge in [0.2, 0.25) is 0 Å². The summed E-state index contributed by atoms with van der Waals surface area (Å²) < 4.78 is 11.1. The summed E-state index contributed by atoms with van der Waals surface area (Å²) in [4.78, 5) is 2.47. The molecule has 20 heavy (non-hydrogen) atoms. The van der Waals surface area contributed by atoms with Crippen LogP contribution in [0.2, 0.25) is 0 Å². The Morgan fingerprint density at radius 1 is 1.15 bits per heavy atom. The molecule has 0 aliphatic carbocycles. The van der Waals surface area contributed by atoms with Crippen molar-refractivity contribution in [2.45, 2.75) is 26.3 Å². The van der Waals surface area contributed by atoms with Crippen molar-refractivity contribution < 1.29 is 9.47 Å². The summed E-state index contributed by atoms with van der Waals surface area (Å²) >= 11 is 0. The molecule has 0 saturated carbocycles. The van der Waals surface area contributed by atoms with E-state index in [0.29, 0.717) is 5.92 Å². The van der Waals surface area contributed by atoms with Crippen LogP contribution >= 0.6 is 0 Å². The van der Waals surface area contributed by atoms with Gasteiger partial charge in [-0.05, 0) is 17.5 Å². The Balaban J connectivity index is 2.34. The van der Waals surface area contributed by atoms with E-state index in [1.54, 1.807) is 14.2 Å². The summed E-state index contributed by atoms with van der Waals surface area (Å²) in [7, 11) is 3.42. The minimum absolute atomic E-state index is 0.479. The Labute approximate surface area is 122 Å². The van der Waals surface area contributed by atoms with Crippen LogP contribution < -0.4 is 14.8 Å². The van der Waals surface area contributed by atoms with Crippen LogP contribution in [0, 0.1) is 0 Å². The van der Waals surface area contributed by atoms with Crippen molar-refractivity contribution in [3.63, 3.8) is 0 Å². The van der Waals surface area contributed by atoms with E-state index in [1.165, 1.54) is 11.1 Å². The molecular formula is C16H26N2O2. The van der Waals surface area contributed by atoms with Gasteiger partial charge in [0.25, 0.3) is 0 Å². The number of nitrogens with zero attached hydrogens (tertiary/aromatic N) is 1. The molecule has 0 aromatic heterocycles. The van der Waals surface area contributed by atoms with E-state index in [0.717, 1.165) is 44.2 Å². The van der Waals surface area contributed by atoms with Crippen LogP contribution in [0.1, 0.15) is 30.9 Å². The Bertz CT molecular complexity index is 440. The van der Waals surface area contributed by atoms with Crippen LogP contribution in [0.4, 0.5) is 0 Å². The lowest BCUT2D eigenvalue weighted by atomic mass is 9.95. The number of piperazine rings is 1. The molecule has 112 valence electrons. The summed E-state index contributed by atoms with van der Waals surface area (Å²) in [6.45, 7) is 9.66. The van der Waals surface area contributed by atoms with E-state index in [1.807, 2.05) is 6.07 Å². The first-order valence-electron chi connectivity index (χ1n) is 7.34. The summed E-state index contributed by atoms with van der Waals surface area (Å²) in [5.74, 6) is 2.19. The molecule has 2 rings (SSSR count). The lowest BCUT2D eigenvalue weighted by Gasteiger charge is -2.29. The quantitative estimate of drug-likeness (QED) is 0.895. The normalized spacial score (nSPS) is 16.4. The standard InChI is InChI=1S/C16H26N2O2/c1-12(2)13-5-6-15(19-3)16(20-4)14(13)11-18-9-7-17-8-10-18/h5-6,12,17H,7-11H2,1-4H3. The van der Waals surface area contributed by atoms with E-state index in [4.69, 9.17) is 9.47 Å². The average Bonchev–Trinajstić information content (AvgIpc) is 2.47. The maximum atomic E-state index is 5.63. The van der Waals surface area contributed by atoms with Gasteiger partial charge in [-0.15, -0.1) is 0 Å². The van der Waals surface area contributed by atoms with Crippen LogP contribution in [-0.4, -0.2) is 45.3 Å². The first-order chi connectivity index (χ1) is 9.67. The number of methoxy groups -OCH3 is 2. The van der Waals surface area contributed by atoms with Gasteiger partial charge in [0.15, 0.2) is 11.5 Å². The molecule has 4 nitrogen and oxygen atoms in total. The molecule has 1 N–H and O–H groups in total. The summed E-state index contributed by atoms with van der Waals surface area (Å²) in [6, 6.07) is 4.18. The highest BCUT2D eigenvalue weighted by molar-refractivity contribution is 5.51. The van der Waals surface area contributed by atoms with Crippen molar-refractivity contribution in [3.05, 3.63) is 23.3 Å². The molecule has 1 aliphatic heterocycles. The minimum Gasteiger partial charge on any atom is -0.493 e. The van der Waals surface area contributed by atoms with Crippen molar-refractivity contribution >= 4 is 0 Å². The molecule has 0 atom stereocenters. The molecule has 0 unspecified atom stereocenters. The van der Waals surface area contributed by atoms with E-state index in [9.17, 15) is 0 Å². The molecule has 1 aromatic carbocycles. The van der Waals surface area contributed by atoms with Gasteiger partial charge in [0, 0.05) is 38.3 Å². The zero-order valence-electron chi connectivity index (χ0n) is 13.0. The van der Waals surface area contributed by atoms with E-state index < -0.39 is 0 Å². The number of ether oxygens (including phenoxy) is 2. The lowest BCUT2D eigenvalue weighted by Crippen LogP contribution is -2.43. The molecular weight excluding hydrogens is 252 g/mol. The largest absolute Gasteiger partial charge is 0.493 e. The van der Waals surface area contributed by atoms with Crippen LogP contribution in [-0.2, 0) is 6.54 Å². The number of rotatable bonds is 5. The van der Waals surface area contributed by atoms with Gasteiger partial charge >= 0.3 is 0 Å². The van der Waals surface area contributed by atoms with Crippen LogP contribution in [0.15, 0.2) is 12.1 Å². The van der Waals surface area contributed by atoms with E-state index >= 15 is 0 Å². The second kappa shape index (κ2) is 6.95. The van der Waals surface area contributed by atoms with Gasteiger partial charge in [0.05, 0.1) is 14.2 Å². The number of benzene rings is 1. The van der Waals surface area contributed by atoms with Crippen LogP contribution in [0.5, 0.6) is 11.5 Å². The molecule has 1 aliphatic rings. The zero-order valence-corrected chi connectivity index (χ0v) is 13.0. The monoisotopic (exact) mass is 278 g/mol. The maximum Gasteiger partial charge on any atom is 0.165 e. The zero-order chi connectivity index (χ0) is 14.5. The second-order valence-corrected chi connectivity index (χ2v) is 5.55. The fraction of sp³-hybridized carbons (Fsp3) is 0.625. The summed E-state index contributed by atoms with van der Waals surface area (Å²) in [6.07, 6.45) is 0. The highest BCUT2D eigenvalue weighted by Gasteiger charge is 2.20. The second-order valence-electron chi connectivity index (χ2n) is 5.55. The molecule has 1 fully saturated rings. The predicted molar refractivity (Wildman–Crippen MR) is 81.8 cm³/mol. The minimum atomic E-state index is 0.479. The van der Waals surface area contributed by atoms with Crippen molar-refractivity contribution in [1.29, 1.82) is 0 Å². The highest BCUT2D eigenvalue weighted by Crippen LogP contribution is 2.37. The van der Waals surface area contributed by atoms with Crippen LogP contribution in [0.3, 0.4) is 0 Å². The molecule has 4 heteroatoms. The lowest BCUT2D eigenvalue weighted by molar-refractivity contribution is 0.228. The highest BCUT2D eigenvalue weighted by atomic mass is 16.5. The topological polar surface area (TPSA) is 33.7 Å². The van der Waals surface area contributed by atoms with E-state index in [2.05, 4.69) is 30.1 Å². The third-order valence-corrected chi connectivity index (χ3v) is 3.90. The van der Waals surface area contributed by atoms with Gasteiger partial charge in [-0.2, -0.15) is 0 Å². The average molecular weight is 278 g/mol. The van der Waals surface area contributed by atoms with Crippen molar-refractivity contribution in [3.8, 4) is 11.5 Å². The van der Waals surface area contributed by atoms with Gasteiger partial charge < -0.3 is 14.8 Å². The molecule has 0 spiro atoms. The molecule has 1 aromatic rings. The molecule has 0 radical (unpaired) electrons. The third-order valence-electron chi connectivity index (χ3n) is 3.90. The van der Waals surface area contributed by atoms with Gasteiger partial charge in [0.1, 0.15) is 0 Å². The van der Waals surface area contributed by atoms with Gasteiger partial charge in [-0.25, -0.2) is 0 Å². The SMILES string of the molecule is COc1ccc(C(C)C)c(CN2CCNCC2)c1OC. The van der Waals surface area contributed by atoms with E-state index in [-0.39, 0.29) is 0 Å². The first-order valence-corrected chi connectivity index (χ1v) is 7.34. The van der Waals surface area contributed by atoms with Crippen molar-refractivity contribution in [2.75, 3.05) is 40.4 Å². The fourth-order valence-corrected chi connectivity index (χ4v) is 2.80. The Hall–Kier alpha value is -1.26. The Kier molecular flexibility index (Phi) is 5.26. The number of hydrogen-bond donors (Lipinski definition) is 1. The number of hydrogen-bond acceptors (Lipinski definition) is 4. The Morgan fingerprint density at radius 2 is 1.85 bits per heavy atom. The fourth-order valence-electron chi connectivity index (χ4n) is 2.80. The van der Waals surface area contributed by atoms with Crippen LogP contribution in [0.25, 0.3) is 0 Å². The third kappa shape index (κ3) is 3.25. The smallest absolute Gasteiger partial charge is 0.165 e. The van der Waals surface area contributed by atoms with Crippen molar-refractivity contribution in [2.24, 2.45) is 0 Å². The summed E-state index contributed by atoms with van der Waals surface area (Å²) in [5.41, 5.74) is 2.62. The molecule has 1 saturated heterocycles. The molecule has 1 heterocycles. The Morgan fingerprint density at radius 3 is 2.40 bits per heavy atom. The summed E-state index contributed by atoms with van der Waals surface area (Å²) in [5, 5.41) is 3.39. The van der Waals surface area contributed by atoms with Crippen molar-refractivity contribution in [1.82, 2.24) is 10.2 Å². The predicted octanol–water partition coefficient (Wildman–Crippen LogP) is 2.23. The number of nitrogens with one attached hydrogen (secondary N) is 1. The van der Waals surface area contributed by atoms with Gasteiger partial charge in [-0.1, -0.05) is 19.9 Å². The molecule has 0 amide bonds. The maximum absolute atomic E-state index is 5.63. The molecule has 0 bridgehead atoms. The van der Waals surface area contributed by atoms with Gasteiger partial charge in [-0.3, -0.25) is 4.90 Å².